The van der Waals surface area contributed by atoms with Crippen LogP contribution in [0.2, 0.25) is 0 Å². The quantitative estimate of drug-likeness (QED) is 0.311. The van der Waals surface area contributed by atoms with E-state index in [4.69, 9.17) is 0 Å². The number of hydrogen-bond donors (Lipinski definition) is 0. The summed E-state index contributed by atoms with van der Waals surface area (Å²) in [7, 11) is 0. The Morgan fingerprint density at radius 2 is 0.920 bits per heavy atom. The van der Waals surface area contributed by atoms with Gasteiger partial charge in [0.2, 0.25) is 0 Å². The second kappa shape index (κ2) is 12.4. The van der Waals surface area contributed by atoms with Gasteiger partial charge in [0.05, 0.1) is 0 Å². The van der Waals surface area contributed by atoms with Crippen molar-refractivity contribution in [3.05, 3.63) is 59.7 Å². The minimum absolute atomic E-state index is 0.800. The fourth-order valence-corrected chi connectivity index (χ4v) is 6.36. The summed E-state index contributed by atoms with van der Waals surface area (Å²) in [5.41, 5.74) is 3.04. The molecule has 0 fully saturated rings. The Hall–Kier alpha value is -0.937. The normalized spacial score (nSPS) is 10.6. The summed E-state index contributed by atoms with van der Waals surface area (Å²) in [4.78, 5) is 0. The van der Waals surface area contributed by atoms with Crippen LogP contribution in [0.3, 0.4) is 0 Å². The Morgan fingerprint density at radius 3 is 1.28 bits per heavy atom. The molecule has 0 aliphatic rings. The summed E-state index contributed by atoms with van der Waals surface area (Å²) in [6, 6.07) is 19.1. The maximum atomic E-state index is 2.40. The van der Waals surface area contributed by atoms with Gasteiger partial charge in [0.15, 0.2) is 0 Å². The van der Waals surface area contributed by atoms with Crippen molar-refractivity contribution < 1.29 is 17.1 Å². The molecule has 2 aromatic rings. The van der Waals surface area contributed by atoms with E-state index < -0.39 is 17.1 Å². The molecule has 0 saturated heterocycles. The van der Waals surface area contributed by atoms with Crippen molar-refractivity contribution in [2.24, 2.45) is 0 Å². The molecular formula is C24H34Zn. The Morgan fingerprint density at radius 1 is 0.520 bits per heavy atom. The average molecular weight is 388 g/mol. The summed E-state index contributed by atoms with van der Waals surface area (Å²) in [6.45, 7) is 4.56. The molecule has 1 heteroatoms. The molecular weight excluding hydrogens is 354 g/mol. The molecule has 0 bridgehead atoms. The molecule has 0 radical (unpaired) electrons. The Bertz CT molecular complexity index is 515. The third kappa shape index (κ3) is 8.32. The zero-order valence-corrected chi connectivity index (χ0v) is 19.4. The summed E-state index contributed by atoms with van der Waals surface area (Å²) in [6.07, 6.45) is 13.3. The molecule has 0 aromatic heterocycles. The summed E-state index contributed by atoms with van der Waals surface area (Å²) >= 11 is -0.800. The van der Waals surface area contributed by atoms with Gasteiger partial charge in [-0.15, -0.1) is 0 Å². The van der Waals surface area contributed by atoms with Crippen molar-refractivity contribution in [1.82, 2.24) is 0 Å². The third-order valence-corrected chi connectivity index (χ3v) is 8.78. The molecule has 0 nitrogen and oxygen atoms in total. The first-order valence-electron chi connectivity index (χ1n) is 10.5. The molecule has 0 amide bonds. The van der Waals surface area contributed by atoms with Gasteiger partial charge < -0.3 is 0 Å². The molecule has 0 aliphatic heterocycles. The zero-order valence-electron chi connectivity index (χ0n) is 16.4. The van der Waals surface area contributed by atoms with E-state index in [0.717, 1.165) is 0 Å². The number of rotatable bonds is 12. The number of hydrogen-bond acceptors (Lipinski definition) is 0. The van der Waals surface area contributed by atoms with Gasteiger partial charge in [-0.25, -0.2) is 0 Å². The molecule has 25 heavy (non-hydrogen) atoms. The van der Waals surface area contributed by atoms with Gasteiger partial charge in [0, 0.05) is 0 Å². The van der Waals surface area contributed by atoms with Crippen LogP contribution in [0.4, 0.5) is 0 Å². The second-order valence-electron chi connectivity index (χ2n) is 7.43. The summed E-state index contributed by atoms with van der Waals surface area (Å²) in [5.74, 6) is 0. The summed E-state index contributed by atoms with van der Waals surface area (Å²) < 4.78 is 3.22. The van der Waals surface area contributed by atoms with E-state index in [-0.39, 0.29) is 0 Å². The maximum absolute atomic E-state index is 2.40. The van der Waals surface area contributed by atoms with E-state index in [2.05, 4.69) is 62.4 Å². The molecule has 2 rings (SSSR count). The van der Waals surface area contributed by atoms with E-state index in [9.17, 15) is 0 Å². The molecule has 132 valence electrons. The van der Waals surface area contributed by atoms with Crippen molar-refractivity contribution in [3.63, 3.8) is 0 Å². The van der Waals surface area contributed by atoms with Crippen LogP contribution >= 0.6 is 0 Å². The van der Waals surface area contributed by atoms with Crippen LogP contribution in [-0.2, 0) is 30.0 Å². The van der Waals surface area contributed by atoms with E-state index >= 15 is 0 Å². The number of benzene rings is 2. The monoisotopic (exact) mass is 386 g/mol. The van der Waals surface area contributed by atoms with Crippen molar-refractivity contribution in [1.29, 1.82) is 0 Å². The van der Waals surface area contributed by atoms with E-state index in [1.165, 1.54) is 75.3 Å². The third-order valence-electron chi connectivity index (χ3n) is 5.09. The first-order valence-corrected chi connectivity index (χ1v) is 13.4. The van der Waals surface area contributed by atoms with Crippen LogP contribution in [-0.4, -0.2) is 0 Å². The number of unbranched alkanes of at least 4 members (excludes halogenated alkanes) is 6. The molecule has 2 aromatic carbocycles. The van der Waals surface area contributed by atoms with Crippen molar-refractivity contribution in [3.8, 4) is 0 Å². The first kappa shape index (κ1) is 20.4. The fourth-order valence-electron chi connectivity index (χ4n) is 3.40. The van der Waals surface area contributed by atoms with E-state index in [1.807, 2.05) is 0 Å². The first-order chi connectivity index (χ1) is 12.3. The number of aryl methyl sites for hydroxylation is 2. The molecule has 0 spiro atoms. The predicted octanol–water partition coefficient (Wildman–Crippen LogP) is 5.97. The van der Waals surface area contributed by atoms with Gasteiger partial charge in [-0.3, -0.25) is 0 Å². The van der Waals surface area contributed by atoms with Crippen molar-refractivity contribution in [2.75, 3.05) is 0 Å². The standard InChI is InChI=1S/2C12H17.Zn/c2*1-2-3-4-6-9-12-10-7-5-8-11-12;/h2*7-8,10-11H,2-4,6,9H2,1H3;. The van der Waals surface area contributed by atoms with Crippen molar-refractivity contribution >= 4 is 8.32 Å². The van der Waals surface area contributed by atoms with Crippen LogP contribution in [0, 0.1) is 0 Å². The van der Waals surface area contributed by atoms with Gasteiger partial charge >= 0.3 is 163 Å². The van der Waals surface area contributed by atoms with Crippen LogP contribution in [0.5, 0.6) is 0 Å². The van der Waals surface area contributed by atoms with E-state index in [1.54, 1.807) is 8.32 Å². The second-order valence-corrected chi connectivity index (χ2v) is 11.6. The zero-order chi connectivity index (χ0) is 17.7. The van der Waals surface area contributed by atoms with Crippen LogP contribution in [0.15, 0.2) is 48.5 Å². The topological polar surface area (TPSA) is 0 Å². The van der Waals surface area contributed by atoms with Crippen molar-refractivity contribution in [2.45, 2.75) is 78.1 Å². The van der Waals surface area contributed by atoms with Crippen LogP contribution < -0.4 is 8.32 Å². The SMILES string of the molecule is CCCCCCc1cc[c]([Zn][c]2ccc(CCCCCC)cc2)cc1. The van der Waals surface area contributed by atoms with Gasteiger partial charge in [-0.2, -0.15) is 0 Å². The fraction of sp³-hybridized carbons (Fsp3) is 0.500. The van der Waals surface area contributed by atoms with E-state index in [0.29, 0.717) is 0 Å². The van der Waals surface area contributed by atoms with Gasteiger partial charge in [0.25, 0.3) is 0 Å². The average Bonchev–Trinajstić information content (AvgIpc) is 2.65. The molecule has 0 saturated carbocycles. The molecule has 0 aliphatic carbocycles. The predicted molar refractivity (Wildman–Crippen MR) is 108 cm³/mol. The van der Waals surface area contributed by atoms with Gasteiger partial charge in [-0.05, 0) is 0 Å². The summed E-state index contributed by atoms with van der Waals surface area (Å²) in [5, 5.41) is 0. The molecule has 0 atom stereocenters. The van der Waals surface area contributed by atoms with Crippen LogP contribution in [0.25, 0.3) is 0 Å². The Balaban J connectivity index is 1.77. The van der Waals surface area contributed by atoms with Gasteiger partial charge in [-0.1, -0.05) is 0 Å². The minimum atomic E-state index is -0.800. The molecule has 0 N–H and O–H groups in total. The molecule has 0 heterocycles. The van der Waals surface area contributed by atoms with Gasteiger partial charge in [0.1, 0.15) is 0 Å². The molecule has 0 unspecified atom stereocenters. The Kier molecular flexibility index (Phi) is 10.1. The van der Waals surface area contributed by atoms with Crippen LogP contribution in [0.1, 0.15) is 76.3 Å². The Labute approximate surface area is 163 Å².